The Morgan fingerprint density at radius 2 is 1.92 bits per heavy atom. The number of nitrogens with two attached hydrogens (primary N) is 1. The second-order valence-electron chi connectivity index (χ2n) is 6.35. The van der Waals surface area contributed by atoms with Gasteiger partial charge < -0.3 is 15.9 Å². The molecule has 0 saturated heterocycles. The lowest BCUT2D eigenvalue weighted by Crippen LogP contribution is -2.20. The topological polar surface area (TPSA) is 88.5 Å². The highest BCUT2D eigenvalue weighted by Crippen LogP contribution is 2.27. The van der Waals surface area contributed by atoms with Gasteiger partial charge in [-0.15, -0.1) is 0 Å². The van der Waals surface area contributed by atoms with Crippen LogP contribution in [0.5, 0.6) is 11.5 Å². The molecule has 0 radical (unpaired) electrons. The molecule has 3 aromatic rings. The van der Waals surface area contributed by atoms with Gasteiger partial charge in [0.25, 0.3) is 0 Å². The molecule has 5 heteroatoms. The summed E-state index contributed by atoms with van der Waals surface area (Å²) in [7, 11) is 0. The van der Waals surface area contributed by atoms with Gasteiger partial charge in [0, 0.05) is 17.5 Å². The van der Waals surface area contributed by atoms with Gasteiger partial charge in [-0.25, -0.2) is 0 Å². The van der Waals surface area contributed by atoms with E-state index in [-0.39, 0.29) is 23.3 Å². The van der Waals surface area contributed by atoms with E-state index in [1.165, 1.54) is 12.1 Å². The lowest BCUT2D eigenvalue weighted by atomic mass is 10.00. The number of hydrogen-bond donors (Lipinski definition) is 3. The van der Waals surface area contributed by atoms with E-state index in [4.69, 9.17) is 5.73 Å². The lowest BCUT2D eigenvalue weighted by Gasteiger charge is -2.13. The monoisotopic (exact) mass is 338 g/mol. The zero-order valence-corrected chi connectivity index (χ0v) is 14.1. The number of hydrogen-bond acceptors (Lipinski definition) is 4. The second-order valence-corrected chi connectivity index (χ2v) is 6.35. The fourth-order valence-corrected chi connectivity index (χ4v) is 3.16. The van der Waals surface area contributed by atoms with Crippen LogP contribution in [0.25, 0.3) is 10.9 Å². The maximum atomic E-state index is 13.0. The molecule has 0 fully saturated rings. The molecule has 1 atom stereocenters. The van der Waals surface area contributed by atoms with Crippen molar-refractivity contribution in [2.24, 2.45) is 11.7 Å². The Morgan fingerprint density at radius 1 is 1.16 bits per heavy atom. The van der Waals surface area contributed by atoms with Gasteiger partial charge in [-0.3, -0.25) is 9.36 Å². The summed E-state index contributed by atoms with van der Waals surface area (Å²) in [5.41, 5.74) is 8.44. The molecular formula is C20H22N2O3. The van der Waals surface area contributed by atoms with Gasteiger partial charge in [-0.2, -0.15) is 0 Å². The molecule has 2 aromatic carbocycles. The van der Waals surface area contributed by atoms with Crippen molar-refractivity contribution in [3.8, 4) is 11.5 Å². The third-order valence-electron chi connectivity index (χ3n) is 4.45. The van der Waals surface area contributed by atoms with Gasteiger partial charge in [0.15, 0.2) is 11.5 Å². The van der Waals surface area contributed by atoms with Crippen LogP contribution in [-0.4, -0.2) is 27.2 Å². The minimum absolute atomic E-state index is 0.00737. The summed E-state index contributed by atoms with van der Waals surface area (Å²) in [6.07, 6.45) is 3.08. The standard InChI is InChI=1S/C20H22N2O3/c1-13(10-14-6-7-18(23)19(24)11-14)20(25)22-12-15(8-9-21)16-4-2-3-5-17(16)22/h2-7,11-13,23-24H,8-10,21H2,1H3. The highest BCUT2D eigenvalue weighted by Gasteiger charge is 2.19. The minimum Gasteiger partial charge on any atom is -0.504 e. The maximum absolute atomic E-state index is 13.0. The molecule has 0 amide bonds. The molecule has 3 rings (SSSR count). The third-order valence-corrected chi connectivity index (χ3v) is 4.45. The van der Waals surface area contributed by atoms with E-state index in [1.807, 2.05) is 37.4 Å². The van der Waals surface area contributed by atoms with Crippen LogP contribution in [0.15, 0.2) is 48.7 Å². The molecule has 4 N–H and O–H groups in total. The normalized spacial score (nSPS) is 12.4. The van der Waals surface area contributed by atoms with Crippen molar-refractivity contribution in [2.75, 3.05) is 6.54 Å². The number of aromatic nitrogens is 1. The molecule has 1 aromatic heterocycles. The number of phenols is 2. The van der Waals surface area contributed by atoms with Crippen molar-refractivity contribution in [3.63, 3.8) is 0 Å². The number of rotatable bonds is 5. The Kier molecular flexibility index (Phi) is 4.76. The number of benzene rings is 2. The van der Waals surface area contributed by atoms with Crippen LogP contribution in [0.2, 0.25) is 0 Å². The first kappa shape index (κ1) is 17.0. The number of nitrogens with zero attached hydrogens (tertiary/aromatic N) is 1. The fraction of sp³-hybridized carbons (Fsp3) is 0.250. The summed E-state index contributed by atoms with van der Waals surface area (Å²) in [6.45, 7) is 2.40. The van der Waals surface area contributed by atoms with Gasteiger partial charge >= 0.3 is 0 Å². The largest absolute Gasteiger partial charge is 0.504 e. The van der Waals surface area contributed by atoms with Crippen LogP contribution in [0.4, 0.5) is 0 Å². The van der Waals surface area contributed by atoms with E-state index in [2.05, 4.69) is 0 Å². The van der Waals surface area contributed by atoms with Crippen molar-refractivity contribution < 1.29 is 15.0 Å². The van der Waals surface area contributed by atoms with Crippen LogP contribution in [0.1, 0.15) is 22.8 Å². The number of para-hydroxylation sites is 1. The van der Waals surface area contributed by atoms with E-state index in [0.717, 1.165) is 28.5 Å². The van der Waals surface area contributed by atoms with E-state index >= 15 is 0 Å². The first-order valence-electron chi connectivity index (χ1n) is 8.35. The summed E-state index contributed by atoms with van der Waals surface area (Å²) >= 11 is 0. The van der Waals surface area contributed by atoms with Crippen LogP contribution in [-0.2, 0) is 12.8 Å². The number of carbonyl (C=O) groups is 1. The van der Waals surface area contributed by atoms with Crippen molar-refractivity contribution in [1.29, 1.82) is 0 Å². The zero-order chi connectivity index (χ0) is 18.0. The predicted octanol–water partition coefficient (Wildman–Crippen LogP) is 3.07. The number of fused-ring (bicyclic) bond motifs is 1. The summed E-state index contributed by atoms with van der Waals surface area (Å²) in [4.78, 5) is 13.0. The number of phenolic OH excluding ortho intramolecular Hbond substituents is 2. The van der Waals surface area contributed by atoms with Gasteiger partial charge in [-0.1, -0.05) is 31.2 Å². The molecule has 0 aliphatic heterocycles. The van der Waals surface area contributed by atoms with E-state index in [9.17, 15) is 15.0 Å². The zero-order valence-electron chi connectivity index (χ0n) is 14.1. The average molecular weight is 338 g/mol. The Labute approximate surface area is 146 Å². The summed E-state index contributed by atoms with van der Waals surface area (Å²) in [5, 5.41) is 20.1. The minimum atomic E-state index is -0.273. The maximum Gasteiger partial charge on any atom is 0.234 e. The van der Waals surface area contributed by atoms with Crippen molar-refractivity contribution in [1.82, 2.24) is 4.57 Å². The van der Waals surface area contributed by atoms with Crippen molar-refractivity contribution in [3.05, 3.63) is 59.8 Å². The average Bonchev–Trinajstić information content (AvgIpc) is 2.97. The molecule has 1 heterocycles. The Morgan fingerprint density at radius 3 is 2.64 bits per heavy atom. The van der Waals surface area contributed by atoms with E-state index in [0.29, 0.717) is 13.0 Å². The van der Waals surface area contributed by atoms with Gasteiger partial charge in [0.2, 0.25) is 5.91 Å². The van der Waals surface area contributed by atoms with Gasteiger partial charge in [0.1, 0.15) is 0 Å². The van der Waals surface area contributed by atoms with Crippen LogP contribution in [0.3, 0.4) is 0 Å². The second kappa shape index (κ2) is 6.99. The third kappa shape index (κ3) is 3.37. The molecule has 0 aliphatic rings. The molecule has 130 valence electrons. The molecule has 0 bridgehead atoms. The molecule has 0 aliphatic carbocycles. The molecule has 1 unspecified atom stereocenters. The Bertz CT molecular complexity index is 914. The van der Waals surface area contributed by atoms with E-state index < -0.39 is 0 Å². The summed E-state index contributed by atoms with van der Waals surface area (Å²) in [5.74, 6) is -0.614. The molecule has 0 spiro atoms. The smallest absolute Gasteiger partial charge is 0.234 e. The fourth-order valence-electron chi connectivity index (χ4n) is 3.16. The first-order chi connectivity index (χ1) is 12.0. The molecule has 25 heavy (non-hydrogen) atoms. The van der Waals surface area contributed by atoms with Crippen LogP contribution >= 0.6 is 0 Å². The van der Waals surface area contributed by atoms with Crippen LogP contribution < -0.4 is 5.73 Å². The van der Waals surface area contributed by atoms with Crippen molar-refractivity contribution in [2.45, 2.75) is 19.8 Å². The van der Waals surface area contributed by atoms with E-state index in [1.54, 1.807) is 10.6 Å². The quantitative estimate of drug-likeness (QED) is 0.624. The highest BCUT2D eigenvalue weighted by molar-refractivity contribution is 5.95. The number of aromatic hydroxyl groups is 2. The highest BCUT2D eigenvalue weighted by atomic mass is 16.3. The molecular weight excluding hydrogens is 316 g/mol. The van der Waals surface area contributed by atoms with Gasteiger partial charge in [0.05, 0.1) is 5.52 Å². The lowest BCUT2D eigenvalue weighted by molar-refractivity contribution is 0.0849. The van der Waals surface area contributed by atoms with Crippen molar-refractivity contribution >= 4 is 16.8 Å². The molecule has 5 nitrogen and oxygen atoms in total. The Hall–Kier alpha value is -2.79. The van der Waals surface area contributed by atoms with Crippen LogP contribution in [0, 0.1) is 5.92 Å². The Balaban J connectivity index is 1.89. The first-order valence-corrected chi connectivity index (χ1v) is 8.35. The summed E-state index contributed by atoms with van der Waals surface area (Å²) in [6, 6.07) is 12.5. The molecule has 0 saturated carbocycles. The number of carbonyl (C=O) groups excluding carboxylic acids is 1. The van der Waals surface area contributed by atoms with Gasteiger partial charge in [-0.05, 0) is 48.7 Å². The predicted molar refractivity (Wildman–Crippen MR) is 98.0 cm³/mol. The summed E-state index contributed by atoms with van der Waals surface area (Å²) < 4.78 is 1.70. The SMILES string of the molecule is CC(Cc1ccc(O)c(O)c1)C(=O)n1cc(CCN)c2ccccc21.